The summed E-state index contributed by atoms with van der Waals surface area (Å²) >= 11 is 5.97. The SMILES string of the molecule is CC[C@H]1CCCCN1CCCNC(=O)[C@@H](CC)Oc1cccc(Cl)c1. The molecular weight excluding hydrogens is 336 g/mol. The molecule has 5 heteroatoms. The number of carbonyl (C=O) groups is 1. The van der Waals surface area contributed by atoms with Crippen molar-refractivity contribution >= 4 is 17.5 Å². The van der Waals surface area contributed by atoms with Crippen molar-refractivity contribution in [1.82, 2.24) is 10.2 Å². The molecule has 1 fully saturated rings. The van der Waals surface area contributed by atoms with Gasteiger partial charge >= 0.3 is 0 Å². The van der Waals surface area contributed by atoms with E-state index in [4.69, 9.17) is 16.3 Å². The molecule has 1 aliphatic rings. The summed E-state index contributed by atoms with van der Waals surface area (Å²) in [5.41, 5.74) is 0. The van der Waals surface area contributed by atoms with Crippen LogP contribution in [-0.4, -0.2) is 42.6 Å². The van der Waals surface area contributed by atoms with Crippen LogP contribution in [0.15, 0.2) is 24.3 Å². The molecule has 0 unspecified atom stereocenters. The molecule has 2 atom stereocenters. The van der Waals surface area contributed by atoms with E-state index in [0.29, 0.717) is 23.7 Å². The minimum absolute atomic E-state index is 0.0480. The minimum atomic E-state index is -0.475. The molecule has 0 spiro atoms. The number of piperidine rings is 1. The van der Waals surface area contributed by atoms with Gasteiger partial charge in [0.15, 0.2) is 6.10 Å². The number of benzene rings is 1. The van der Waals surface area contributed by atoms with E-state index in [-0.39, 0.29) is 5.91 Å². The fourth-order valence-corrected chi connectivity index (χ4v) is 3.63. The van der Waals surface area contributed by atoms with E-state index >= 15 is 0 Å². The van der Waals surface area contributed by atoms with Crippen molar-refractivity contribution in [2.45, 2.75) is 64.5 Å². The van der Waals surface area contributed by atoms with E-state index in [1.165, 1.54) is 32.2 Å². The van der Waals surface area contributed by atoms with Crippen molar-refractivity contribution in [2.24, 2.45) is 0 Å². The largest absolute Gasteiger partial charge is 0.481 e. The average Bonchev–Trinajstić information content (AvgIpc) is 2.63. The Hall–Kier alpha value is -1.26. The average molecular weight is 367 g/mol. The molecule has 0 saturated carbocycles. The lowest BCUT2D eigenvalue weighted by atomic mass is 10.00. The highest BCUT2D eigenvalue weighted by atomic mass is 35.5. The number of rotatable bonds is 9. The molecule has 1 amide bonds. The molecule has 0 bridgehead atoms. The maximum Gasteiger partial charge on any atom is 0.261 e. The highest BCUT2D eigenvalue weighted by molar-refractivity contribution is 6.30. The molecule has 1 heterocycles. The quantitative estimate of drug-likeness (QED) is 0.663. The molecule has 0 aromatic heterocycles. The van der Waals surface area contributed by atoms with Crippen molar-refractivity contribution in [3.63, 3.8) is 0 Å². The topological polar surface area (TPSA) is 41.6 Å². The van der Waals surface area contributed by atoms with E-state index in [1.54, 1.807) is 12.1 Å². The first-order valence-electron chi connectivity index (χ1n) is 9.58. The predicted octanol–water partition coefficient (Wildman–Crippen LogP) is 4.27. The number of ether oxygens (including phenoxy) is 1. The normalized spacial score (nSPS) is 19.4. The van der Waals surface area contributed by atoms with Crippen LogP contribution in [0.4, 0.5) is 0 Å². The molecule has 1 aromatic rings. The van der Waals surface area contributed by atoms with E-state index < -0.39 is 6.10 Å². The molecule has 2 rings (SSSR count). The molecule has 0 radical (unpaired) electrons. The van der Waals surface area contributed by atoms with E-state index in [2.05, 4.69) is 17.1 Å². The second-order valence-corrected chi connectivity index (χ2v) is 7.15. The summed E-state index contributed by atoms with van der Waals surface area (Å²) < 4.78 is 5.78. The van der Waals surface area contributed by atoms with Gasteiger partial charge in [0.2, 0.25) is 0 Å². The number of hydrogen-bond donors (Lipinski definition) is 1. The summed E-state index contributed by atoms with van der Waals surface area (Å²) in [6.07, 6.45) is 6.32. The Balaban J connectivity index is 1.72. The molecule has 0 aliphatic carbocycles. The molecule has 1 aliphatic heterocycles. The van der Waals surface area contributed by atoms with Crippen LogP contribution in [-0.2, 0) is 4.79 Å². The van der Waals surface area contributed by atoms with Crippen LogP contribution in [0.25, 0.3) is 0 Å². The van der Waals surface area contributed by atoms with Crippen LogP contribution in [0.3, 0.4) is 0 Å². The van der Waals surface area contributed by atoms with Gasteiger partial charge in [-0.25, -0.2) is 0 Å². The third kappa shape index (κ3) is 6.52. The molecule has 1 N–H and O–H groups in total. The zero-order valence-electron chi connectivity index (χ0n) is 15.5. The Morgan fingerprint density at radius 3 is 2.96 bits per heavy atom. The van der Waals surface area contributed by atoms with Crippen molar-refractivity contribution in [2.75, 3.05) is 19.6 Å². The van der Waals surface area contributed by atoms with Gasteiger partial charge in [-0.15, -0.1) is 0 Å². The zero-order chi connectivity index (χ0) is 18.1. The summed E-state index contributed by atoms with van der Waals surface area (Å²) in [5, 5.41) is 3.63. The maximum atomic E-state index is 12.4. The lowest BCUT2D eigenvalue weighted by Gasteiger charge is -2.35. The van der Waals surface area contributed by atoms with Gasteiger partial charge in [0.25, 0.3) is 5.91 Å². The molecule has 1 aromatic carbocycles. The number of nitrogens with one attached hydrogen (secondary N) is 1. The zero-order valence-corrected chi connectivity index (χ0v) is 16.2. The molecule has 140 valence electrons. The van der Waals surface area contributed by atoms with Gasteiger partial charge in [-0.1, -0.05) is 37.9 Å². The van der Waals surface area contributed by atoms with Crippen LogP contribution in [0.1, 0.15) is 52.4 Å². The third-order valence-electron chi connectivity index (χ3n) is 4.88. The van der Waals surface area contributed by atoms with Gasteiger partial charge < -0.3 is 15.0 Å². The smallest absolute Gasteiger partial charge is 0.261 e. The van der Waals surface area contributed by atoms with Gasteiger partial charge in [0, 0.05) is 24.2 Å². The van der Waals surface area contributed by atoms with Crippen molar-refractivity contribution in [3.8, 4) is 5.75 Å². The Morgan fingerprint density at radius 2 is 2.24 bits per heavy atom. The Labute approximate surface area is 156 Å². The van der Waals surface area contributed by atoms with Crippen LogP contribution < -0.4 is 10.1 Å². The molecule has 1 saturated heterocycles. The Bertz CT molecular complexity index is 538. The van der Waals surface area contributed by atoms with Gasteiger partial charge in [-0.2, -0.15) is 0 Å². The summed E-state index contributed by atoms with van der Waals surface area (Å²) in [7, 11) is 0. The monoisotopic (exact) mass is 366 g/mol. The van der Waals surface area contributed by atoms with Crippen LogP contribution in [0.2, 0.25) is 5.02 Å². The number of hydrogen-bond acceptors (Lipinski definition) is 3. The number of nitrogens with zero attached hydrogens (tertiary/aromatic N) is 1. The van der Waals surface area contributed by atoms with Crippen LogP contribution in [0.5, 0.6) is 5.75 Å². The van der Waals surface area contributed by atoms with Gasteiger partial charge in [-0.3, -0.25) is 4.79 Å². The summed E-state index contributed by atoms with van der Waals surface area (Å²) in [6, 6.07) is 7.89. The first-order chi connectivity index (χ1) is 12.1. The number of halogens is 1. The predicted molar refractivity (Wildman–Crippen MR) is 103 cm³/mol. The lowest BCUT2D eigenvalue weighted by Crippen LogP contribution is -2.42. The first-order valence-corrected chi connectivity index (χ1v) is 9.95. The van der Waals surface area contributed by atoms with Gasteiger partial charge in [0.05, 0.1) is 0 Å². The van der Waals surface area contributed by atoms with Crippen molar-refractivity contribution in [3.05, 3.63) is 29.3 Å². The third-order valence-corrected chi connectivity index (χ3v) is 5.11. The molecule has 4 nitrogen and oxygen atoms in total. The highest BCUT2D eigenvalue weighted by Crippen LogP contribution is 2.20. The van der Waals surface area contributed by atoms with Crippen molar-refractivity contribution < 1.29 is 9.53 Å². The van der Waals surface area contributed by atoms with E-state index in [0.717, 1.165) is 19.0 Å². The fraction of sp³-hybridized carbons (Fsp3) is 0.650. The number of likely N-dealkylation sites (tertiary alicyclic amines) is 1. The van der Waals surface area contributed by atoms with Gasteiger partial charge in [-0.05, 0) is 56.8 Å². The number of carbonyl (C=O) groups excluding carboxylic acids is 1. The Kier molecular flexibility index (Phi) is 8.56. The lowest BCUT2D eigenvalue weighted by molar-refractivity contribution is -0.128. The first kappa shape index (κ1) is 20.1. The second kappa shape index (κ2) is 10.7. The standard InChI is InChI=1S/C20H31ClN2O2/c1-3-17-10-5-6-13-23(17)14-8-12-22-20(24)19(4-2)25-18-11-7-9-16(21)15-18/h7,9,11,15,17,19H,3-6,8,10,12-14H2,1-2H3,(H,22,24)/t17-,19+/m0/s1. The van der Waals surface area contributed by atoms with Gasteiger partial charge in [0.1, 0.15) is 5.75 Å². The van der Waals surface area contributed by atoms with E-state index in [9.17, 15) is 4.79 Å². The second-order valence-electron chi connectivity index (χ2n) is 6.71. The van der Waals surface area contributed by atoms with E-state index in [1.807, 2.05) is 19.1 Å². The fourth-order valence-electron chi connectivity index (χ4n) is 3.45. The summed E-state index contributed by atoms with van der Waals surface area (Å²) in [5.74, 6) is 0.585. The van der Waals surface area contributed by atoms with Crippen molar-refractivity contribution in [1.29, 1.82) is 0 Å². The minimum Gasteiger partial charge on any atom is -0.481 e. The summed E-state index contributed by atoms with van der Waals surface area (Å²) in [4.78, 5) is 14.9. The maximum absolute atomic E-state index is 12.4. The van der Waals surface area contributed by atoms with Crippen LogP contribution >= 0.6 is 11.6 Å². The Morgan fingerprint density at radius 1 is 1.40 bits per heavy atom. The molecule has 25 heavy (non-hydrogen) atoms. The van der Waals surface area contributed by atoms with Crippen LogP contribution in [0, 0.1) is 0 Å². The summed E-state index contributed by atoms with van der Waals surface area (Å²) in [6.45, 7) is 7.17. The highest BCUT2D eigenvalue weighted by Gasteiger charge is 2.21. The molecular formula is C20H31ClN2O2. The number of amides is 1.